The van der Waals surface area contributed by atoms with Gasteiger partial charge < -0.3 is 9.84 Å². The maximum Gasteiger partial charge on any atom is 0.321 e. The monoisotopic (exact) mass is 248 g/mol. The quantitative estimate of drug-likeness (QED) is 0.541. The lowest BCUT2D eigenvalue weighted by Crippen LogP contribution is -2.42. The fourth-order valence-corrected chi connectivity index (χ4v) is 1.54. The number of Topliss-reactive ketones (excluding diaryl/α,β-unsaturated/α-hetero) is 1. The van der Waals surface area contributed by atoms with Crippen LogP contribution in [0.1, 0.15) is 20.8 Å². The summed E-state index contributed by atoms with van der Waals surface area (Å²) >= 11 is 0.810. The van der Waals surface area contributed by atoms with E-state index in [2.05, 4.69) is 0 Å². The van der Waals surface area contributed by atoms with Crippen molar-refractivity contribution in [2.24, 2.45) is 5.41 Å². The molecule has 5 nitrogen and oxygen atoms in total. The first kappa shape index (κ1) is 15.1. The highest BCUT2D eigenvalue weighted by Gasteiger charge is 2.41. The molecule has 0 amide bonds. The maximum absolute atomic E-state index is 11.7. The van der Waals surface area contributed by atoms with E-state index in [1.165, 1.54) is 13.8 Å². The van der Waals surface area contributed by atoms with Gasteiger partial charge in [-0.2, -0.15) is 0 Å². The Labute approximate surface area is 98.5 Å². The van der Waals surface area contributed by atoms with Crippen molar-refractivity contribution in [2.45, 2.75) is 20.8 Å². The second kappa shape index (κ2) is 6.65. The molecule has 92 valence electrons. The van der Waals surface area contributed by atoms with Crippen LogP contribution in [0.15, 0.2) is 0 Å². The maximum atomic E-state index is 11.7. The van der Waals surface area contributed by atoms with Gasteiger partial charge >= 0.3 is 5.97 Å². The van der Waals surface area contributed by atoms with Gasteiger partial charge in [0.15, 0.2) is 10.9 Å². The molecule has 16 heavy (non-hydrogen) atoms. The molecule has 0 aliphatic heterocycles. The van der Waals surface area contributed by atoms with Crippen LogP contribution in [-0.4, -0.2) is 40.9 Å². The van der Waals surface area contributed by atoms with Crippen LogP contribution in [0, 0.1) is 5.41 Å². The van der Waals surface area contributed by atoms with Crippen molar-refractivity contribution in [3.05, 3.63) is 0 Å². The normalized spacial score (nSPS) is 14.0. The molecule has 0 spiro atoms. The molecule has 1 unspecified atom stereocenters. The molecule has 0 aromatic heterocycles. The van der Waals surface area contributed by atoms with E-state index in [1.807, 2.05) is 0 Å². The van der Waals surface area contributed by atoms with E-state index in [1.54, 1.807) is 6.92 Å². The molecule has 0 aliphatic carbocycles. The Balaban J connectivity index is 4.61. The number of ether oxygens (including phenoxy) is 1. The summed E-state index contributed by atoms with van der Waals surface area (Å²) in [4.78, 5) is 33.9. The standard InChI is InChI=1S/C10H16O5S/c1-4-15-9(14)10(3,6-11)8(13)5-16-7(2)12/h11H,4-6H2,1-3H3. The Morgan fingerprint density at radius 3 is 2.31 bits per heavy atom. The summed E-state index contributed by atoms with van der Waals surface area (Å²) in [6.45, 7) is 3.78. The SMILES string of the molecule is CCOC(=O)C(C)(CO)C(=O)CSC(C)=O. The van der Waals surface area contributed by atoms with Crippen LogP contribution in [0.2, 0.25) is 0 Å². The number of aliphatic hydroxyl groups excluding tert-OH is 1. The summed E-state index contributed by atoms with van der Waals surface area (Å²) in [5.41, 5.74) is -1.57. The summed E-state index contributed by atoms with van der Waals surface area (Å²) in [5.74, 6) is -1.40. The molecule has 0 saturated heterocycles. The van der Waals surface area contributed by atoms with Gasteiger partial charge in [-0.25, -0.2) is 0 Å². The van der Waals surface area contributed by atoms with Crippen LogP contribution in [0.25, 0.3) is 0 Å². The first-order valence-electron chi connectivity index (χ1n) is 4.83. The molecule has 1 atom stereocenters. The Morgan fingerprint density at radius 1 is 1.38 bits per heavy atom. The Kier molecular flexibility index (Phi) is 6.28. The third kappa shape index (κ3) is 3.94. The summed E-state index contributed by atoms with van der Waals surface area (Å²) in [7, 11) is 0. The highest BCUT2D eigenvalue weighted by atomic mass is 32.2. The lowest BCUT2D eigenvalue weighted by molar-refractivity contribution is -0.160. The number of esters is 1. The fourth-order valence-electron chi connectivity index (χ4n) is 0.883. The average Bonchev–Trinajstić information content (AvgIpc) is 2.24. The van der Waals surface area contributed by atoms with Gasteiger partial charge in [0.1, 0.15) is 5.41 Å². The number of aliphatic hydroxyl groups is 1. The molecule has 6 heteroatoms. The van der Waals surface area contributed by atoms with Crippen LogP contribution in [0.3, 0.4) is 0 Å². The van der Waals surface area contributed by atoms with Crippen molar-refractivity contribution in [3.63, 3.8) is 0 Å². The number of hydrogen-bond donors (Lipinski definition) is 1. The Hall–Kier alpha value is -0.880. The van der Waals surface area contributed by atoms with Crippen LogP contribution in [-0.2, 0) is 19.1 Å². The van der Waals surface area contributed by atoms with Crippen molar-refractivity contribution < 1.29 is 24.2 Å². The molecule has 0 saturated carbocycles. The Morgan fingerprint density at radius 2 is 1.94 bits per heavy atom. The van der Waals surface area contributed by atoms with Gasteiger partial charge in [0.05, 0.1) is 19.0 Å². The lowest BCUT2D eigenvalue weighted by atomic mass is 9.87. The molecule has 0 aliphatic rings. The molecule has 1 N–H and O–H groups in total. The summed E-state index contributed by atoms with van der Waals surface area (Å²) in [6.07, 6.45) is 0. The molecule has 0 radical (unpaired) electrons. The van der Waals surface area contributed by atoms with Crippen molar-refractivity contribution in [1.29, 1.82) is 0 Å². The average molecular weight is 248 g/mol. The minimum absolute atomic E-state index is 0.134. The molecule has 0 rings (SSSR count). The van der Waals surface area contributed by atoms with Crippen molar-refractivity contribution in [1.82, 2.24) is 0 Å². The number of hydrogen-bond acceptors (Lipinski definition) is 6. The highest BCUT2D eigenvalue weighted by molar-refractivity contribution is 8.14. The van der Waals surface area contributed by atoms with Gasteiger partial charge in [0, 0.05) is 6.92 Å². The molecule has 0 bridgehead atoms. The number of carbonyl (C=O) groups excluding carboxylic acids is 3. The van der Waals surface area contributed by atoms with Crippen LogP contribution >= 0.6 is 11.8 Å². The third-order valence-corrected chi connectivity index (χ3v) is 2.88. The third-order valence-electron chi connectivity index (χ3n) is 2.06. The topological polar surface area (TPSA) is 80.7 Å². The van der Waals surface area contributed by atoms with E-state index in [0.717, 1.165) is 11.8 Å². The lowest BCUT2D eigenvalue weighted by Gasteiger charge is -2.22. The van der Waals surface area contributed by atoms with E-state index in [9.17, 15) is 14.4 Å². The van der Waals surface area contributed by atoms with Crippen LogP contribution in [0.5, 0.6) is 0 Å². The second-order valence-electron chi connectivity index (χ2n) is 3.41. The smallest absolute Gasteiger partial charge is 0.321 e. The fraction of sp³-hybridized carbons (Fsp3) is 0.700. The van der Waals surface area contributed by atoms with Gasteiger partial charge in [-0.3, -0.25) is 14.4 Å². The van der Waals surface area contributed by atoms with E-state index in [4.69, 9.17) is 9.84 Å². The van der Waals surface area contributed by atoms with E-state index >= 15 is 0 Å². The first-order chi connectivity index (χ1) is 7.38. The zero-order valence-electron chi connectivity index (χ0n) is 9.61. The van der Waals surface area contributed by atoms with E-state index in [0.29, 0.717) is 0 Å². The van der Waals surface area contributed by atoms with Crippen molar-refractivity contribution in [3.8, 4) is 0 Å². The minimum Gasteiger partial charge on any atom is -0.465 e. The number of ketones is 1. The van der Waals surface area contributed by atoms with Gasteiger partial charge in [-0.1, -0.05) is 11.8 Å². The van der Waals surface area contributed by atoms with Gasteiger partial charge in [-0.15, -0.1) is 0 Å². The van der Waals surface area contributed by atoms with Gasteiger partial charge in [0.2, 0.25) is 0 Å². The molecule has 0 heterocycles. The second-order valence-corrected chi connectivity index (χ2v) is 4.57. The van der Waals surface area contributed by atoms with Crippen molar-refractivity contribution >= 4 is 28.6 Å². The Bertz CT molecular complexity index is 289. The molecular formula is C10H16O5S. The van der Waals surface area contributed by atoms with Crippen LogP contribution < -0.4 is 0 Å². The first-order valence-corrected chi connectivity index (χ1v) is 5.81. The predicted octanol–water partition coefficient (Wildman–Crippen LogP) is 0.397. The van der Waals surface area contributed by atoms with Crippen LogP contribution in [0.4, 0.5) is 0 Å². The number of rotatable bonds is 6. The summed E-state index contributed by atoms with van der Waals surface area (Å²) in [6, 6.07) is 0. The van der Waals surface area contributed by atoms with E-state index < -0.39 is 23.8 Å². The molecular weight excluding hydrogens is 232 g/mol. The zero-order valence-corrected chi connectivity index (χ0v) is 10.4. The number of thioether (sulfide) groups is 1. The predicted molar refractivity (Wildman–Crippen MR) is 60.0 cm³/mol. The molecule has 0 aromatic carbocycles. The van der Waals surface area contributed by atoms with Crippen molar-refractivity contribution in [2.75, 3.05) is 19.0 Å². The van der Waals surface area contributed by atoms with E-state index in [-0.39, 0.29) is 17.5 Å². The molecule has 0 fully saturated rings. The summed E-state index contributed by atoms with van der Waals surface area (Å²) < 4.78 is 4.71. The zero-order chi connectivity index (χ0) is 12.8. The highest BCUT2D eigenvalue weighted by Crippen LogP contribution is 2.22. The minimum atomic E-state index is -1.57. The molecule has 0 aromatic rings. The van der Waals surface area contributed by atoms with Gasteiger partial charge in [0.25, 0.3) is 0 Å². The largest absolute Gasteiger partial charge is 0.465 e. The summed E-state index contributed by atoms with van der Waals surface area (Å²) in [5, 5.41) is 8.89. The van der Waals surface area contributed by atoms with Gasteiger partial charge in [-0.05, 0) is 13.8 Å². The number of carbonyl (C=O) groups is 3.